The van der Waals surface area contributed by atoms with E-state index in [2.05, 4.69) is 38.5 Å². The molecule has 142 valence electrons. The number of halogens is 1. The van der Waals surface area contributed by atoms with Gasteiger partial charge in [0.05, 0.1) is 6.54 Å². The van der Waals surface area contributed by atoms with Crippen LogP contribution in [-0.2, 0) is 14.3 Å². The van der Waals surface area contributed by atoms with Crippen molar-refractivity contribution in [3.8, 4) is 0 Å². The molecule has 0 fully saturated rings. The fourth-order valence-electron chi connectivity index (χ4n) is 1.97. The molecule has 0 aliphatic heterocycles. The van der Waals surface area contributed by atoms with Crippen molar-refractivity contribution >= 4 is 47.0 Å². The van der Waals surface area contributed by atoms with Gasteiger partial charge in [0.15, 0.2) is 6.23 Å². The van der Waals surface area contributed by atoms with Crippen LogP contribution in [-0.4, -0.2) is 48.3 Å². The molecule has 3 amide bonds. The number of hydrogen-bond acceptors (Lipinski definition) is 5. The van der Waals surface area contributed by atoms with Crippen LogP contribution in [0.2, 0.25) is 0 Å². The summed E-state index contributed by atoms with van der Waals surface area (Å²) in [5.41, 5.74) is 0.364. The number of amides is 3. The van der Waals surface area contributed by atoms with E-state index in [0.29, 0.717) is 12.0 Å². The van der Waals surface area contributed by atoms with Gasteiger partial charge in [-0.1, -0.05) is 13.3 Å². The molecule has 0 aliphatic rings. The number of carboxylic acid groups (broad SMARTS) is 1. The fraction of sp³-hybridized carbons (Fsp3) is 0.375. The highest BCUT2D eigenvalue weighted by Crippen LogP contribution is 2.07. The maximum absolute atomic E-state index is 12.1. The molecule has 1 rings (SSSR count). The van der Waals surface area contributed by atoms with Gasteiger partial charge >= 0.3 is 12.0 Å². The minimum atomic E-state index is -1.14. The van der Waals surface area contributed by atoms with Gasteiger partial charge in [0, 0.05) is 9.13 Å². The molecule has 0 radical (unpaired) electrons. The van der Waals surface area contributed by atoms with Crippen molar-refractivity contribution in [2.24, 2.45) is 0 Å². The summed E-state index contributed by atoms with van der Waals surface area (Å²) in [4.78, 5) is 45.5. The van der Waals surface area contributed by atoms with Crippen LogP contribution < -0.4 is 16.0 Å². The number of rotatable bonds is 10. The summed E-state index contributed by atoms with van der Waals surface area (Å²) in [6.07, 6.45) is -0.236. The lowest BCUT2D eigenvalue weighted by Gasteiger charge is -2.19. The summed E-state index contributed by atoms with van der Waals surface area (Å²) < 4.78 is 5.69. The average molecular weight is 477 g/mol. The molecule has 4 N–H and O–H groups in total. The average Bonchev–Trinajstić information content (AvgIpc) is 2.60. The van der Waals surface area contributed by atoms with Crippen molar-refractivity contribution in [1.29, 1.82) is 0 Å². The molecule has 0 aromatic heterocycles. The smallest absolute Gasteiger partial charge is 0.326 e. The Labute approximate surface area is 164 Å². The normalized spacial score (nSPS) is 12.4. The van der Waals surface area contributed by atoms with Crippen molar-refractivity contribution < 1.29 is 29.0 Å². The van der Waals surface area contributed by atoms with Crippen molar-refractivity contribution in [2.75, 3.05) is 6.54 Å². The van der Waals surface area contributed by atoms with Gasteiger partial charge in [-0.3, -0.25) is 9.59 Å². The molecule has 0 saturated heterocycles. The minimum Gasteiger partial charge on any atom is -0.480 e. The quantitative estimate of drug-likeness (QED) is 0.226. The molecule has 10 heteroatoms. The Morgan fingerprint density at radius 2 is 1.88 bits per heavy atom. The van der Waals surface area contributed by atoms with Crippen molar-refractivity contribution in [1.82, 2.24) is 16.0 Å². The number of urea groups is 1. The Kier molecular flexibility index (Phi) is 9.41. The van der Waals surface area contributed by atoms with E-state index in [-0.39, 0.29) is 19.4 Å². The third-order valence-electron chi connectivity index (χ3n) is 3.25. The van der Waals surface area contributed by atoms with Crippen LogP contribution in [0.5, 0.6) is 0 Å². The summed E-state index contributed by atoms with van der Waals surface area (Å²) in [6, 6.07) is 4.95. The first-order chi connectivity index (χ1) is 12.4. The van der Waals surface area contributed by atoms with E-state index in [1.807, 2.05) is 0 Å². The van der Waals surface area contributed by atoms with E-state index in [1.165, 1.54) is 0 Å². The summed E-state index contributed by atoms with van der Waals surface area (Å²) in [5, 5.41) is 16.1. The van der Waals surface area contributed by atoms with Gasteiger partial charge in [-0.15, -0.1) is 0 Å². The Balaban J connectivity index is 2.57. The molecule has 1 aromatic rings. The van der Waals surface area contributed by atoms with Crippen LogP contribution in [0.15, 0.2) is 24.3 Å². The molecular formula is C16H20IN3O6. The first kappa shape index (κ1) is 21.7. The largest absolute Gasteiger partial charge is 0.480 e. The summed E-state index contributed by atoms with van der Waals surface area (Å²) in [7, 11) is 0. The molecule has 0 bridgehead atoms. The molecule has 0 unspecified atom stereocenters. The zero-order valence-electron chi connectivity index (χ0n) is 14.0. The Morgan fingerprint density at radius 3 is 2.42 bits per heavy atom. The lowest BCUT2D eigenvalue weighted by molar-refractivity contribution is -0.139. The number of aliphatic carboxylic acids is 1. The zero-order valence-corrected chi connectivity index (χ0v) is 16.2. The van der Waals surface area contributed by atoms with Crippen LogP contribution >= 0.6 is 22.6 Å². The van der Waals surface area contributed by atoms with Crippen LogP contribution in [0.1, 0.15) is 30.1 Å². The highest BCUT2D eigenvalue weighted by Gasteiger charge is 2.20. The number of benzene rings is 1. The Hall–Kier alpha value is -2.37. The Morgan fingerprint density at radius 1 is 1.23 bits per heavy atom. The summed E-state index contributed by atoms with van der Waals surface area (Å²) >= 11 is 2.10. The first-order valence-corrected chi connectivity index (χ1v) is 8.88. The van der Waals surface area contributed by atoms with E-state index in [9.17, 15) is 19.2 Å². The number of carbonyl (C=O) groups is 4. The van der Waals surface area contributed by atoms with Gasteiger partial charge in [-0.25, -0.2) is 9.59 Å². The zero-order chi connectivity index (χ0) is 19.5. The number of nitrogens with one attached hydrogen (secondary N) is 3. The molecular weight excluding hydrogens is 457 g/mol. The second-order valence-electron chi connectivity index (χ2n) is 5.24. The van der Waals surface area contributed by atoms with Gasteiger partial charge in [0.1, 0.15) is 6.04 Å². The molecule has 0 heterocycles. The van der Waals surface area contributed by atoms with E-state index in [0.717, 1.165) is 3.57 Å². The highest BCUT2D eigenvalue weighted by atomic mass is 127. The van der Waals surface area contributed by atoms with Crippen LogP contribution in [0, 0.1) is 3.57 Å². The van der Waals surface area contributed by atoms with Crippen LogP contribution in [0.25, 0.3) is 0 Å². The Bertz CT molecular complexity index is 637. The van der Waals surface area contributed by atoms with Gasteiger partial charge in [0.2, 0.25) is 0 Å². The van der Waals surface area contributed by atoms with Crippen molar-refractivity contribution in [3.63, 3.8) is 0 Å². The van der Waals surface area contributed by atoms with E-state index in [1.54, 1.807) is 31.2 Å². The topological polar surface area (TPSA) is 134 Å². The second-order valence-corrected chi connectivity index (χ2v) is 6.48. The monoisotopic (exact) mass is 477 g/mol. The van der Waals surface area contributed by atoms with Crippen LogP contribution in [0.4, 0.5) is 4.79 Å². The fourth-order valence-corrected chi connectivity index (χ4v) is 2.33. The van der Waals surface area contributed by atoms with Gasteiger partial charge in [-0.2, -0.15) is 0 Å². The number of carbonyl (C=O) groups excluding carboxylic acids is 3. The first-order valence-electron chi connectivity index (χ1n) is 7.80. The standard InChI is InChI=1S/C16H20IN3O6/c1-2-3-12(15(23)24)19-16(25)18-8-13(26-9-21)20-14(22)10-4-6-11(17)7-5-10/h4-7,9,12-13H,2-3,8H2,1H3,(H,20,22)(H,23,24)(H2,18,19,25)/t12-,13+/m0/s1. The summed E-state index contributed by atoms with van der Waals surface area (Å²) in [6.45, 7) is 1.72. The van der Waals surface area contributed by atoms with Gasteiger partial charge in [0.25, 0.3) is 12.4 Å². The molecule has 0 saturated carbocycles. The molecule has 26 heavy (non-hydrogen) atoms. The van der Waals surface area contributed by atoms with E-state index >= 15 is 0 Å². The molecule has 0 aliphatic carbocycles. The second kappa shape index (κ2) is 11.3. The number of carboxylic acids is 1. The van der Waals surface area contributed by atoms with Crippen molar-refractivity contribution in [3.05, 3.63) is 33.4 Å². The van der Waals surface area contributed by atoms with Crippen molar-refractivity contribution in [2.45, 2.75) is 32.0 Å². The highest BCUT2D eigenvalue weighted by molar-refractivity contribution is 14.1. The molecule has 2 atom stereocenters. The van der Waals surface area contributed by atoms with E-state index < -0.39 is 30.2 Å². The van der Waals surface area contributed by atoms with Gasteiger partial charge < -0.3 is 25.8 Å². The SMILES string of the molecule is CCC[C@H](NC(=O)NC[C@H](NC(=O)c1ccc(I)cc1)OC=O)C(=O)O. The summed E-state index contributed by atoms with van der Waals surface area (Å²) in [5.74, 6) is -1.63. The minimum absolute atomic E-state index is 0.148. The predicted octanol–water partition coefficient (Wildman–Crippen LogP) is 1.07. The third-order valence-corrected chi connectivity index (χ3v) is 3.97. The maximum Gasteiger partial charge on any atom is 0.326 e. The van der Waals surface area contributed by atoms with Crippen LogP contribution in [0.3, 0.4) is 0 Å². The van der Waals surface area contributed by atoms with Gasteiger partial charge in [-0.05, 0) is 53.3 Å². The van der Waals surface area contributed by atoms with E-state index in [4.69, 9.17) is 9.84 Å². The lowest BCUT2D eigenvalue weighted by Crippen LogP contribution is -2.50. The molecule has 1 aromatic carbocycles. The number of ether oxygens (including phenoxy) is 1. The molecule has 0 spiro atoms. The maximum atomic E-state index is 12.1. The third kappa shape index (κ3) is 7.68. The lowest BCUT2D eigenvalue weighted by atomic mass is 10.2. The predicted molar refractivity (Wildman–Crippen MR) is 100 cm³/mol. The molecule has 9 nitrogen and oxygen atoms in total. The number of hydrogen-bond donors (Lipinski definition) is 4.